The molecule has 1 saturated carbocycles. The number of nitrogens with zero attached hydrogens (tertiary/aromatic N) is 1. The molecular weight excluding hydrogens is 308 g/mol. The van der Waals surface area contributed by atoms with Crippen molar-refractivity contribution >= 4 is 17.8 Å². The molecule has 6 nitrogen and oxygen atoms in total. The molecule has 24 heavy (non-hydrogen) atoms. The number of carboxylic acids is 1. The maximum absolute atomic E-state index is 12.2. The molecular formula is C18H24N2O4. The Morgan fingerprint density at radius 1 is 1.04 bits per heavy atom. The number of carbonyl (C=O) groups excluding carboxylic acids is 2. The summed E-state index contributed by atoms with van der Waals surface area (Å²) >= 11 is 0. The van der Waals surface area contributed by atoms with E-state index in [1.165, 1.54) is 4.90 Å². The summed E-state index contributed by atoms with van der Waals surface area (Å²) in [4.78, 5) is 36.5. The Kier molecular flexibility index (Phi) is 5.95. The molecule has 0 aromatic heterocycles. The maximum atomic E-state index is 12.2. The summed E-state index contributed by atoms with van der Waals surface area (Å²) in [6, 6.07) is 7.17. The van der Waals surface area contributed by atoms with Crippen molar-refractivity contribution in [2.75, 3.05) is 14.1 Å². The first kappa shape index (κ1) is 18.0. The number of hydrogen-bond donors (Lipinski definition) is 2. The van der Waals surface area contributed by atoms with Crippen molar-refractivity contribution in [3.05, 3.63) is 35.4 Å². The topological polar surface area (TPSA) is 86.7 Å². The molecule has 1 aliphatic carbocycles. The summed E-state index contributed by atoms with van der Waals surface area (Å²) in [5.74, 6) is -1.25. The van der Waals surface area contributed by atoms with Gasteiger partial charge in [0, 0.05) is 32.1 Å². The van der Waals surface area contributed by atoms with Gasteiger partial charge in [0.1, 0.15) is 0 Å². The van der Waals surface area contributed by atoms with Crippen LogP contribution in [-0.2, 0) is 16.1 Å². The second-order valence-electron chi connectivity index (χ2n) is 6.50. The Bertz CT molecular complexity index is 602. The third kappa shape index (κ3) is 4.57. The molecule has 0 unspecified atom stereocenters. The summed E-state index contributed by atoms with van der Waals surface area (Å²) in [5.41, 5.74) is 1.54. The zero-order chi connectivity index (χ0) is 17.7. The molecule has 2 N–H and O–H groups in total. The molecule has 1 fully saturated rings. The van der Waals surface area contributed by atoms with Gasteiger partial charge in [-0.25, -0.2) is 0 Å². The van der Waals surface area contributed by atoms with Crippen LogP contribution >= 0.6 is 0 Å². The van der Waals surface area contributed by atoms with E-state index in [1.807, 2.05) is 12.1 Å². The molecule has 1 aromatic carbocycles. The predicted molar refractivity (Wildman–Crippen MR) is 89.4 cm³/mol. The second-order valence-corrected chi connectivity index (χ2v) is 6.50. The summed E-state index contributed by atoms with van der Waals surface area (Å²) in [7, 11) is 3.41. The molecule has 2 rings (SSSR count). The first-order valence-corrected chi connectivity index (χ1v) is 8.19. The highest BCUT2D eigenvalue weighted by molar-refractivity contribution is 5.93. The van der Waals surface area contributed by atoms with Crippen molar-refractivity contribution in [1.29, 1.82) is 0 Å². The van der Waals surface area contributed by atoms with Crippen molar-refractivity contribution in [2.45, 2.75) is 32.2 Å². The van der Waals surface area contributed by atoms with Gasteiger partial charge in [-0.05, 0) is 43.4 Å². The molecule has 0 bridgehead atoms. The van der Waals surface area contributed by atoms with Crippen LogP contribution in [0, 0.1) is 11.8 Å². The number of carboxylic acid groups (broad SMARTS) is 1. The molecule has 0 aliphatic heterocycles. The van der Waals surface area contributed by atoms with E-state index in [0.717, 1.165) is 5.56 Å². The molecule has 0 heterocycles. The van der Waals surface area contributed by atoms with Crippen molar-refractivity contribution in [3.63, 3.8) is 0 Å². The first-order valence-electron chi connectivity index (χ1n) is 8.19. The van der Waals surface area contributed by atoms with Crippen LogP contribution in [0.1, 0.15) is 41.6 Å². The molecule has 0 spiro atoms. The minimum absolute atomic E-state index is 0.0210. The van der Waals surface area contributed by atoms with E-state index in [2.05, 4.69) is 5.32 Å². The molecule has 0 radical (unpaired) electrons. The Balaban J connectivity index is 1.82. The van der Waals surface area contributed by atoms with E-state index in [0.29, 0.717) is 37.8 Å². The highest BCUT2D eigenvalue weighted by Gasteiger charge is 2.29. The third-order valence-corrected chi connectivity index (χ3v) is 4.52. The molecule has 0 atom stereocenters. The van der Waals surface area contributed by atoms with Gasteiger partial charge in [0.25, 0.3) is 5.91 Å². The normalized spacial score (nSPS) is 20.2. The average molecular weight is 332 g/mol. The van der Waals surface area contributed by atoms with Crippen molar-refractivity contribution < 1.29 is 19.5 Å². The lowest BCUT2D eigenvalue weighted by Crippen LogP contribution is -2.34. The summed E-state index contributed by atoms with van der Waals surface area (Å²) < 4.78 is 0. The quantitative estimate of drug-likeness (QED) is 0.862. The number of amides is 2. The zero-order valence-corrected chi connectivity index (χ0v) is 14.1. The lowest BCUT2D eigenvalue weighted by molar-refractivity contribution is -0.144. The summed E-state index contributed by atoms with van der Waals surface area (Å²) in [6.45, 7) is 0.411. The number of hydrogen-bond acceptors (Lipinski definition) is 3. The largest absolute Gasteiger partial charge is 0.481 e. The smallest absolute Gasteiger partial charge is 0.306 e. The van der Waals surface area contributed by atoms with Gasteiger partial charge in [-0.3, -0.25) is 14.4 Å². The first-order chi connectivity index (χ1) is 11.4. The average Bonchev–Trinajstić information content (AvgIpc) is 2.59. The second kappa shape index (κ2) is 7.95. The van der Waals surface area contributed by atoms with Crippen LogP contribution < -0.4 is 5.32 Å². The van der Waals surface area contributed by atoms with Crippen molar-refractivity contribution in [2.24, 2.45) is 11.8 Å². The third-order valence-electron chi connectivity index (χ3n) is 4.52. The van der Waals surface area contributed by atoms with Gasteiger partial charge in [0.05, 0.1) is 5.92 Å². The summed E-state index contributed by atoms with van der Waals surface area (Å²) in [6.07, 6.45) is 2.38. The van der Waals surface area contributed by atoms with E-state index >= 15 is 0 Å². The van der Waals surface area contributed by atoms with Crippen molar-refractivity contribution in [3.8, 4) is 0 Å². The van der Waals surface area contributed by atoms with E-state index in [1.54, 1.807) is 26.2 Å². The summed E-state index contributed by atoms with van der Waals surface area (Å²) in [5, 5.41) is 11.9. The lowest BCUT2D eigenvalue weighted by atomic mass is 9.81. The van der Waals surface area contributed by atoms with Crippen LogP contribution in [0.25, 0.3) is 0 Å². The van der Waals surface area contributed by atoms with Gasteiger partial charge in [-0.1, -0.05) is 12.1 Å². The van der Waals surface area contributed by atoms with E-state index in [4.69, 9.17) is 5.11 Å². The minimum Gasteiger partial charge on any atom is -0.481 e. The predicted octanol–water partition coefficient (Wildman–Crippen LogP) is 1.90. The van der Waals surface area contributed by atoms with E-state index in [-0.39, 0.29) is 23.7 Å². The van der Waals surface area contributed by atoms with Crippen LogP contribution in [0.3, 0.4) is 0 Å². The van der Waals surface area contributed by atoms with Gasteiger partial charge < -0.3 is 15.3 Å². The molecule has 6 heteroatoms. The minimum atomic E-state index is -0.763. The van der Waals surface area contributed by atoms with Gasteiger partial charge in [-0.2, -0.15) is 0 Å². The Morgan fingerprint density at radius 3 is 2.08 bits per heavy atom. The van der Waals surface area contributed by atoms with Crippen LogP contribution in [0.15, 0.2) is 24.3 Å². The molecule has 0 saturated heterocycles. The highest BCUT2D eigenvalue weighted by atomic mass is 16.4. The van der Waals surface area contributed by atoms with Crippen LogP contribution in [0.2, 0.25) is 0 Å². The fourth-order valence-corrected chi connectivity index (χ4v) is 2.96. The lowest BCUT2D eigenvalue weighted by Gasteiger charge is -2.25. The van der Waals surface area contributed by atoms with Gasteiger partial charge >= 0.3 is 5.97 Å². The van der Waals surface area contributed by atoms with E-state index < -0.39 is 5.97 Å². The SMILES string of the molecule is CN(C)C(=O)c1ccc(CNC(=O)C2CCC(C(=O)O)CC2)cc1. The molecule has 1 aromatic rings. The van der Waals surface area contributed by atoms with Crippen LogP contribution in [0.5, 0.6) is 0 Å². The molecule has 1 aliphatic rings. The van der Waals surface area contributed by atoms with Crippen molar-refractivity contribution in [1.82, 2.24) is 10.2 Å². The van der Waals surface area contributed by atoms with Crippen LogP contribution in [0.4, 0.5) is 0 Å². The number of aliphatic carboxylic acids is 1. The highest BCUT2D eigenvalue weighted by Crippen LogP contribution is 2.29. The Labute approximate surface area is 141 Å². The van der Waals surface area contributed by atoms with Gasteiger partial charge in [-0.15, -0.1) is 0 Å². The number of rotatable bonds is 5. The number of benzene rings is 1. The van der Waals surface area contributed by atoms with Gasteiger partial charge in [0.2, 0.25) is 5.91 Å². The maximum Gasteiger partial charge on any atom is 0.306 e. The van der Waals surface area contributed by atoms with Crippen LogP contribution in [-0.4, -0.2) is 41.9 Å². The monoisotopic (exact) mass is 332 g/mol. The standard InChI is InChI=1S/C18H24N2O4/c1-20(2)17(22)14-5-3-12(4-6-14)11-19-16(21)13-7-9-15(10-8-13)18(23)24/h3-6,13,15H,7-11H2,1-2H3,(H,19,21)(H,23,24). The fraction of sp³-hybridized carbons (Fsp3) is 0.500. The Morgan fingerprint density at radius 2 is 1.58 bits per heavy atom. The number of nitrogens with one attached hydrogen (secondary N) is 1. The van der Waals surface area contributed by atoms with E-state index in [9.17, 15) is 14.4 Å². The fourth-order valence-electron chi connectivity index (χ4n) is 2.96. The molecule has 2 amide bonds. The van der Waals surface area contributed by atoms with Gasteiger partial charge in [0.15, 0.2) is 0 Å². The Hall–Kier alpha value is -2.37. The zero-order valence-electron chi connectivity index (χ0n) is 14.1. The molecule has 130 valence electrons. The number of carbonyl (C=O) groups is 3.